The van der Waals surface area contributed by atoms with E-state index < -0.39 is 11.4 Å². The third-order valence-corrected chi connectivity index (χ3v) is 3.35. The first kappa shape index (κ1) is 16.4. The molecule has 1 aliphatic rings. The second kappa shape index (κ2) is 6.04. The lowest BCUT2D eigenvalue weighted by Gasteiger charge is -2.22. The van der Waals surface area contributed by atoms with Gasteiger partial charge in [-0.15, -0.1) is 0 Å². The number of halogens is 1. The number of aliphatic hydroxyl groups is 1. The molecular weight excluding hydrogens is 287 g/mol. The molecule has 120 valence electrons. The Hall–Kier alpha value is -1.95. The number of nitrogens with one attached hydrogen (secondary N) is 1. The fourth-order valence-corrected chi connectivity index (χ4v) is 2.31. The fraction of sp³-hybridized carbons (Fsp3) is 0.500. The van der Waals surface area contributed by atoms with E-state index in [0.29, 0.717) is 23.3 Å². The zero-order chi connectivity index (χ0) is 16.5. The van der Waals surface area contributed by atoms with Gasteiger partial charge in [-0.05, 0) is 38.5 Å². The molecule has 0 aromatic heterocycles. The number of carbonyl (C=O) groups is 1. The standard InChI is InChI=1S/C16H21FN2O3/c1-9-6-13(20)18-19-14(9)11-5-10(2)15(12(17)7-11)22-8-16(3,4)21/h5,7,9,21H,6,8H2,1-4H3,(H,18,20)/t9-/m1/s1. The maximum absolute atomic E-state index is 14.3. The van der Waals surface area contributed by atoms with Gasteiger partial charge in [-0.2, -0.15) is 5.10 Å². The number of hydrazone groups is 1. The minimum absolute atomic E-state index is 0.00247. The van der Waals surface area contributed by atoms with Gasteiger partial charge in [0.25, 0.3) is 0 Å². The van der Waals surface area contributed by atoms with E-state index in [2.05, 4.69) is 10.5 Å². The van der Waals surface area contributed by atoms with E-state index in [0.717, 1.165) is 0 Å². The summed E-state index contributed by atoms with van der Waals surface area (Å²) < 4.78 is 19.7. The highest BCUT2D eigenvalue weighted by Crippen LogP contribution is 2.27. The number of carbonyl (C=O) groups excluding carboxylic acids is 1. The SMILES string of the molecule is Cc1cc(C2=NNC(=O)C[C@H]2C)cc(F)c1OCC(C)(C)O. The van der Waals surface area contributed by atoms with Crippen molar-refractivity contribution in [2.24, 2.45) is 11.0 Å². The lowest BCUT2D eigenvalue weighted by molar-refractivity contribution is -0.121. The predicted molar refractivity (Wildman–Crippen MR) is 81.4 cm³/mol. The average molecular weight is 308 g/mol. The zero-order valence-electron chi connectivity index (χ0n) is 13.2. The Balaban J connectivity index is 2.28. The van der Waals surface area contributed by atoms with Crippen LogP contribution in [0.1, 0.15) is 38.3 Å². The van der Waals surface area contributed by atoms with Crippen molar-refractivity contribution in [3.8, 4) is 5.75 Å². The largest absolute Gasteiger partial charge is 0.487 e. The van der Waals surface area contributed by atoms with Crippen molar-refractivity contribution in [1.29, 1.82) is 0 Å². The molecule has 5 nitrogen and oxygen atoms in total. The second-order valence-corrected chi connectivity index (χ2v) is 6.34. The van der Waals surface area contributed by atoms with E-state index in [1.807, 2.05) is 6.92 Å². The van der Waals surface area contributed by atoms with Gasteiger partial charge in [-0.3, -0.25) is 4.79 Å². The third kappa shape index (κ3) is 3.82. The van der Waals surface area contributed by atoms with E-state index in [1.165, 1.54) is 6.07 Å². The van der Waals surface area contributed by atoms with Gasteiger partial charge in [-0.25, -0.2) is 9.82 Å². The summed E-state index contributed by atoms with van der Waals surface area (Å²) >= 11 is 0. The summed E-state index contributed by atoms with van der Waals surface area (Å²) in [6.45, 7) is 6.80. The van der Waals surface area contributed by atoms with Crippen LogP contribution in [0.3, 0.4) is 0 Å². The fourth-order valence-electron chi connectivity index (χ4n) is 2.31. The summed E-state index contributed by atoms with van der Waals surface area (Å²) in [6, 6.07) is 3.12. The molecule has 1 aliphatic heterocycles. The van der Waals surface area contributed by atoms with Crippen molar-refractivity contribution in [3.05, 3.63) is 29.1 Å². The monoisotopic (exact) mass is 308 g/mol. The smallest absolute Gasteiger partial charge is 0.240 e. The van der Waals surface area contributed by atoms with Gasteiger partial charge in [0.05, 0.1) is 11.3 Å². The Labute approximate surface area is 129 Å². The van der Waals surface area contributed by atoms with Crippen LogP contribution in [0.25, 0.3) is 0 Å². The third-order valence-electron chi connectivity index (χ3n) is 3.35. The van der Waals surface area contributed by atoms with Crippen LogP contribution in [0.2, 0.25) is 0 Å². The van der Waals surface area contributed by atoms with Crippen LogP contribution in [0.4, 0.5) is 4.39 Å². The molecule has 0 fully saturated rings. The molecule has 1 amide bonds. The van der Waals surface area contributed by atoms with Crippen molar-refractivity contribution in [1.82, 2.24) is 5.43 Å². The van der Waals surface area contributed by atoms with Crippen molar-refractivity contribution in [3.63, 3.8) is 0 Å². The summed E-state index contributed by atoms with van der Waals surface area (Å²) in [4.78, 5) is 11.3. The van der Waals surface area contributed by atoms with Crippen LogP contribution < -0.4 is 10.2 Å². The number of benzene rings is 1. The highest BCUT2D eigenvalue weighted by Gasteiger charge is 2.24. The van der Waals surface area contributed by atoms with Gasteiger partial charge in [0.15, 0.2) is 11.6 Å². The van der Waals surface area contributed by atoms with Gasteiger partial charge in [0.1, 0.15) is 6.61 Å². The van der Waals surface area contributed by atoms with Crippen molar-refractivity contribution in [2.75, 3.05) is 6.61 Å². The van der Waals surface area contributed by atoms with Gasteiger partial charge >= 0.3 is 0 Å². The maximum Gasteiger partial charge on any atom is 0.240 e. The molecule has 2 rings (SSSR count). The number of nitrogens with zero attached hydrogens (tertiary/aromatic N) is 1. The molecule has 0 spiro atoms. The first-order valence-corrected chi connectivity index (χ1v) is 7.19. The van der Waals surface area contributed by atoms with Gasteiger partial charge < -0.3 is 9.84 Å². The molecule has 1 aromatic carbocycles. The minimum atomic E-state index is -1.04. The molecule has 1 aromatic rings. The number of hydrogen-bond acceptors (Lipinski definition) is 4. The summed E-state index contributed by atoms with van der Waals surface area (Å²) in [5.74, 6) is -0.598. The molecule has 0 saturated heterocycles. The Bertz CT molecular complexity index is 597. The maximum atomic E-state index is 14.3. The van der Waals surface area contributed by atoms with E-state index >= 15 is 0 Å². The average Bonchev–Trinajstić information content (AvgIpc) is 2.36. The van der Waals surface area contributed by atoms with Gasteiger partial charge in [-0.1, -0.05) is 6.92 Å². The Morgan fingerprint density at radius 3 is 2.73 bits per heavy atom. The molecule has 1 heterocycles. The number of hydrogen-bond donors (Lipinski definition) is 2. The van der Waals surface area contributed by atoms with Crippen LogP contribution in [0, 0.1) is 18.7 Å². The predicted octanol–water partition coefficient (Wildman–Crippen LogP) is 2.14. The Morgan fingerprint density at radius 2 is 2.18 bits per heavy atom. The number of amides is 1. The van der Waals surface area contributed by atoms with Crippen LogP contribution in [0.15, 0.2) is 17.2 Å². The molecule has 0 saturated carbocycles. The highest BCUT2D eigenvalue weighted by molar-refractivity contribution is 6.05. The molecule has 0 unspecified atom stereocenters. The minimum Gasteiger partial charge on any atom is -0.487 e. The second-order valence-electron chi connectivity index (χ2n) is 6.34. The number of ether oxygens (including phenoxy) is 1. The van der Waals surface area contributed by atoms with Gasteiger partial charge in [0, 0.05) is 17.9 Å². The summed E-state index contributed by atoms with van der Waals surface area (Å²) in [6.07, 6.45) is 0.330. The van der Waals surface area contributed by atoms with Gasteiger partial charge in [0.2, 0.25) is 5.91 Å². The molecule has 2 N–H and O–H groups in total. The normalized spacial score (nSPS) is 18.7. The first-order valence-electron chi connectivity index (χ1n) is 7.19. The van der Waals surface area contributed by atoms with Crippen LogP contribution >= 0.6 is 0 Å². The Kier molecular flexibility index (Phi) is 4.51. The van der Waals surface area contributed by atoms with E-state index in [1.54, 1.807) is 26.8 Å². The number of rotatable bonds is 4. The molecule has 0 bridgehead atoms. The van der Waals surface area contributed by atoms with Crippen LogP contribution in [-0.2, 0) is 4.79 Å². The molecule has 1 atom stereocenters. The van der Waals surface area contributed by atoms with Crippen molar-refractivity contribution < 1.29 is 19.0 Å². The van der Waals surface area contributed by atoms with Crippen molar-refractivity contribution >= 4 is 11.6 Å². The highest BCUT2D eigenvalue weighted by atomic mass is 19.1. The molecule has 0 radical (unpaired) electrons. The Morgan fingerprint density at radius 1 is 1.50 bits per heavy atom. The topological polar surface area (TPSA) is 70.9 Å². The van der Waals surface area contributed by atoms with E-state index in [-0.39, 0.29) is 24.2 Å². The zero-order valence-corrected chi connectivity index (χ0v) is 13.2. The number of aryl methyl sites for hydroxylation is 1. The molecular formula is C16H21FN2O3. The lowest BCUT2D eigenvalue weighted by Crippen LogP contribution is -2.32. The summed E-state index contributed by atoms with van der Waals surface area (Å²) in [5, 5.41) is 13.7. The molecule has 6 heteroatoms. The first-order chi connectivity index (χ1) is 10.2. The van der Waals surface area contributed by atoms with E-state index in [4.69, 9.17) is 4.74 Å². The van der Waals surface area contributed by atoms with E-state index in [9.17, 15) is 14.3 Å². The van der Waals surface area contributed by atoms with Crippen LogP contribution in [-0.4, -0.2) is 28.9 Å². The summed E-state index contributed by atoms with van der Waals surface area (Å²) in [5.41, 5.74) is 3.27. The summed E-state index contributed by atoms with van der Waals surface area (Å²) in [7, 11) is 0. The van der Waals surface area contributed by atoms with Crippen LogP contribution in [0.5, 0.6) is 5.75 Å². The molecule has 22 heavy (non-hydrogen) atoms. The lowest BCUT2D eigenvalue weighted by atomic mass is 9.93. The quantitative estimate of drug-likeness (QED) is 0.895. The molecule has 0 aliphatic carbocycles. The van der Waals surface area contributed by atoms with Crippen molar-refractivity contribution in [2.45, 2.75) is 39.7 Å².